The zero-order valence-electron chi connectivity index (χ0n) is 25.1. The number of rotatable bonds is 12. The molecule has 0 N–H and O–H groups in total. The van der Waals surface area contributed by atoms with Gasteiger partial charge in [-0.1, -0.05) is 65.3 Å². The van der Waals surface area contributed by atoms with Crippen LogP contribution in [-0.2, 0) is 40.6 Å². The van der Waals surface area contributed by atoms with Gasteiger partial charge in [-0.25, -0.2) is 4.68 Å². The first-order valence-electron chi connectivity index (χ1n) is 14.3. The Bertz CT molecular complexity index is 1700. The molecule has 0 aliphatic carbocycles. The Morgan fingerprint density at radius 3 is 2.42 bits per heavy atom. The molecule has 0 unspecified atom stereocenters. The van der Waals surface area contributed by atoms with Crippen molar-refractivity contribution in [2.45, 2.75) is 60.0 Å². The number of thiophene rings is 1. The minimum Gasteiger partial charge on any atom is -0.497 e. The molecule has 2 aromatic heterocycles. The Morgan fingerprint density at radius 1 is 1.00 bits per heavy atom. The predicted molar refractivity (Wildman–Crippen MR) is 171 cm³/mol. The van der Waals surface area contributed by atoms with Crippen LogP contribution in [0.25, 0.3) is 11.0 Å². The van der Waals surface area contributed by atoms with Crippen molar-refractivity contribution in [2.75, 3.05) is 7.11 Å². The van der Waals surface area contributed by atoms with Crippen LogP contribution in [0.1, 0.15) is 59.4 Å². The molecule has 224 valence electrons. The fourth-order valence-corrected chi connectivity index (χ4v) is 6.89. The summed E-state index contributed by atoms with van der Waals surface area (Å²) < 4.78 is 19.7. The van der Waals surface area contributed by atoms with E-state index in [0.717, 1.165) is 56.0 Å². The van der Waals surface area contributed by atoms with E-state index in [1.165, 1.54) is 11.3 Å². The smallest absolute Gasteiger partial charge is 0.312 e. The summed E-state index contributed by atoms with van der Waals surface area (Å²) in [6.07, 6.45) is 0. The number of benzene rings is 3. The lowest BCUT2D eigenvalue weighted by Crippen LogP contribution is -2.34. The van der Waals surface area contributed by atoms with Crippen molar-refractivity contribution in [2.24, 2.45) is 5.41 Å². The molecule has 7 nitrogen and oxygen atoms in total. The van der Waals surface area contributed by atoms with Gasteiger partial charge < -0.3 is 14.2 Å². The number of esters is 1. The van der Waals surface area contributed by atoms with Crippen molar-refractivity contribution in [1.29, 1.82) is 0 Å². The monoisotopic (exact) mass is 617 g/mol. The lowest BCUT2D eigenvalue weighted by molar-refractivity contribution is -0.156. The first-order chi connectivity index (χ1) is 20.7. The van der Waals surface area contributed by atoms with E-state index in [2.05, 4.69) is 22.4 Å². The third-order valence-electron chi connectivity index (χ3n) is 7.80. The molecule has 1 atom stereocenters. The van der Waals surface area contributed by atoms with Crippen LogP contribution in [-0.4, -0.2) is 28.1 Å². The van der Waals surface area contributed by atoms with Crippen LogP contribution in [0.2, 0.25) is 4.34 Å². The molecule has 0 bridgehead atoms. The van der Waals surface area contributed by atoms with Crippen LogP contribution < -0.4 is 4.74 Å². The molecule has 2 heterocycles. The van der Waals surface area contributed by atoms with E-state index in [-0.39, 0.29) is 18.5 Å². The second-order valence-electron chi connectivity index (χ2n) is 11.1. The van der Waals surface area contributed by atoms with Gasteiger partial charge in [-0.05, 0) is 74.2 Å². The number of carbonyl (C=O) groups excluding carboxylic acids is 1. The van der Waals surface area contributed by atoms with E-state index < -0.39 is 5.41 Å². The van der Waals surface area contributed by atoms with E-state index >= 15 is 0 Å². The van der Waals surface area contributed by atoms with Gasteiger partial charge in [-0.3, -0.25) is 4.79 Å². The Balaban J connectivity index is 1.46. The average Bonchev–Trinajstić information content (AvgIpc) is 3.61. The predicted octanol–water partition coefficient (Wildman–Crippen LogP) is 8.10. The van der Waals surface area contributed by atoms with E-state index in [1.807, 2.05) is 93.0 Å². The second-order valence-corrected chi connectivity index (χ2v) is 12.7. The number of methoxy groups -OCH3 is 1. The number of hydrogen-bond acceptors (Lipinski definition) is 7. The van der Waals surface area contributed by atoms with Gasteiger partial charge in [0.05, 0.1) is 35.6 Å². The molecule has 0 aliphatic heterocycles. The zero-order chi connectivity index (χ0) is 30.6. The summed E-state index contributed by atoms with van der Waals surface area (Å²) in [4.78, 5) is 14.8. The molecule has 43 heavy (non-hydrogen) atoms. The molecule has 0 spiro atoms. The summed E-state index contributed by atoms with van der Waals surface area (Å²) in [6, 6.07) is 23.7. The Hall–Kier alpha value is -3.72. The summed E-state index contributed by atoms with van der Waals surface area (Å²) in [7, 11) is 1.65. The van der Waals surface area contributed by atoms with Crippen LogP contribution >= 0.6 is 22.9 Å². The van der Waals surface area contributed by atoms with Gasteiger partial charge in [0.25, 0.3) is 0 Å². The highest BCUT2D eigenvalue weighted by molar-refractivity contribution is 7.16. The normalized spacial score (nSPS) is 12.4. The second kappa shape index (κ2) is 13.3. The molecule has 3 aromatic carbocycles. The standard InChI is InChI=1S/C34H36ClN3O4S/c1-6-38-28-17-16-27(22(2)31(28)36-37-38)30(34(3,4)33(39)42-20-23-10-8-7-9-11-23)29-18-25(32(35)43-29)21-41-19-24-12-14-26(40-5)15-13-24/h7-18,30H,6,19-21H2,1-5H3/t30-/m1/s1. The van der Waals surface area contributed by atoms with Crippen molar-refractivity contribution < 1.29 is 19.0 Å². The third-order valence-corrected chi connectivity index (χ3v) is 9.30. The first-order valence-corrected chi connectivity index (χ1v) is 15.4. The Kier molecular flexibility index (Phi) is 9.49. The van der Waals surface area contributed by atoms with Crippen molar-refractivity contribution in [1.82, 2.24) is 15.0 Å². The van der Waals surface area contributed by atoms with Crippen LogP contribution in [0, 0.1) is 12.3 Å². The quantitative estimate of drug-likeness (QED) is 0.132. The van der Waals surface area contributed by atoms with E-state index in [9.17, 15) is 4.79 Å². The maximum Gasteiger partial charge on any atom is 0.312 e. The van der Waals surface area contributed by atoms with Gasteiger partial charge in [0, 0.05) is 22.9 Å². The number of halogens is 1. The van der Waals surface area contributed by atoms with E-state index in [0.29, 0.717) is 17.6 Å². The number of nitrogens with zero attached hydrogens (tertiary/aromatic N) is 3. The van der Waals surface area contributed by atoms with Crippen LogP contribution in [0.3, 0.4) is 0 Å². The fourth-order valence-electron chi connectivity index (χ4n) is 5.32. The van der Waals surface area contributed by atoms with Gasteiger partial charge in [0.2, 0.25) is 0 Å². The van der Waals surface area contributed by atoms with Gasteiger partial charge in [-0.15, -0.1) is 16.4 Å². The molecule has 0 saturated heterocycles. The summed E-state index contributed by atoms with van der Waals surface area (Å²) in [6.45, 7) is 9.66. The molecule has 0 fully saturated rings. The number of aromatic nitrogens is 3. The molecular formula is C34H36ClN3O4S. The summed E-state index contributed by atoms with van der Waals surface area (Å²) >= 11 is 8.28. The fraction of sp³-hybridized carbons (Fsp3) is 0.324. The van der Waals surface area contributed by atoms with Crippen LogP contribution in [0.15, 0.2) is 72.8 Å². The molecule has 0 radical (unpaired) electrons. The van der Waals surface area contributed by atoms with Crippen molar-refractivity contribution in [3.63, 3.8) is 0 Å². The van der Waals surface area contributed by atoms with Crippen molar-refractivity contribution in [3.8, 4) is 5.75 Å². The minimum atomic E-state index is -0.927. The van der Waals surface area contributed by atoms with Gasteiger partial charge in [-0.2, -0.15) is 0 Å². The van der Waals surface area contributed by atoms with Gasteiger partial charge in [0.15, 0.2) is 0 Å². The Labute approximate surface area is 261 Å². The number of hydrogen-bond donors (Lipinski definition) is 0. The van der Waals surface area contributed by atoms with E-state index in [1.54, 1.807) is 7.11 Å². The van der Waals surface area contributed by atoms with Crippen LogP contribution in [0.4, 0.5) is 0 Å². The maximum absolute atomic E-state index is 13.8. The number of aryl methyl sites for hydroxylation is 2. The molecule has 5 rings (SSSR count). The zero-order valence-corrected chi connectivity index (χ0v) is 26.7. The van der Waals surface area contributed by atoms with E-state index in [4.69, 9.17) is 25.8 Å². The lowest BCUT2D eigenvalue weighted by Gasteiger charge is -2.33. The maximum atomic E-state index is 13.8. The summed E-state index contributed by atoms with van der Waals surface area (Å²) in [5.41, 5.74) is 5.68. The first kappa shape index (κ1) is 30.7. The lowest BCUT2D eigenvalue weighted by atomic mass is 9.72. The molecular weight excluding hydrogens is 582 g/mol. The molecule has 0 amide bonds. The highest BCUT2D eigenvalue weighted by Crippen LogP contribution is 2.48. The average molecular weight is 618 g/mol. The molecule has 9 heteroatoms. The van der Waals surface area contributed by atoms with Crippen molar-refractivity contribution in [3.05, 3.63) is 110 Å². The number of fused-ring (bicyclic) bond motifs is 1. The number of carbonyl (C=O) groups is 1. The molecule has 0 aliphatic rings. The SMILES string of the molecule is CCn1nnc2c(C)c([C@H](c3cc(COCc4ccc(OC)cc4)c(Cl)s3)C(C)(C)C(=O)OCc3ccccc3)ccc21. The minimum absolute atomic E-state index is 0.203. The number of ether oxygens (including phenoxy) is 3. The topological polar surface area (TPSA) is 75.5 Å². The highest BCUT2D eigenvalue weighted by atomic mass is 35.5. The van der Waals surface area contributed by atoms with Gasteiger partial charge in [0.1, 0.15) is 17.9 Å². The summed E-state index contributed by atoms with van der Waals surface area (Å²) in [5, 5.41) is 8.81. The molecule has 0 saturated carbocycles. The summed E-state index contributed by atoms with van der Waals surface area (Å²) in [5.74, 6) is 0.167. The largest absolute Gasteiger partial charge is 0.497 e. The van der Waals surface area contributed by atoms with Crippen LogP contribution in [0.5, 0.6) is 5.75 Å². The third kappa shape index (κ3) is 6.61. The highest BCUT2D eigenvalue weighted by Gasteiger charge is 2.42. The van der Waals surface area contributed by atoms with Crippen molar-refractivity contribution >= 4 is 39.9 Å². The molecule has 5 aromatic rings. The van der Waals surface area contributed by atoms with Gasteiger partial charge >= 0.3 is 5.97 Å². The Morgan fingerprint density at radius 2 is 1.72 bits per heavy atom.